The van der Waals surface area contributed by atoms with Crippen LogP contribution in [-0.4, -0.2) is 65.0 Å². The molecule has 0 aromatic carbocycles. The Balaban J connectivity index is 1.77. The van der Waals surface area contributed by atoms with E-state index >= 15 is 0 Å². The minimum Gasteiger partial charge on any atom is -0.481 e. The van der Waals surface area contributed by atoms with Crippen LogP contribution in [0.15, 0.2) is 0 Å². The molecule has 2 atom stereocenters. The molecule has 112 valence electrons. The van der Waals surface area contributed by atoms with Gasteiger partial charge >= 0.3 is 12.0 Å². The number of nitrogens with one attached hydrogen (secondary N) is 1. The van der Waals surface area contributed by atoms with Crippen molar-refractivity contribution in [2.24, 2.45) is 11.8 Å². The Bertz CT molecular complexity index is 420. The molecular formula is C13H21N3O4. The molecule has 2 heterocycles. The van der Waals surface area contributed by atoms with Crippen LogP contribution in [0.3, 0.4) is 0 Å². The number of carbonyl (C=O) groups excluding carboxylic acids is 2. The number of hydrogen-bond donors (Lipinski definition) is 2. The van der Waals surface area contributed by atoms with Gasteiger partial charge in [0.2, 0.25) is 5.91 Å². The summed E-state index contributed by atoms with van der Waals surface area (Å²) in [5.41, 5.74) is 0. The first-order valence-corrected chi connectivity index (χ1v) is 6.92. The molecule has 7 nitrogen and oxygen atoms in total. The van der Waals surface area contributed by atoms with Gasteiger partial charge in [0.1, 0.15) is 0 Å². The van der Waals surface area contributed by atoms with Crippen molar-refractivity contribution in [3.8, 4) is 0 Å². The van der Waals surface area contributed by atoms with Gasteiger partial charge in [0.25, 0.3) is 0 Å². The molecule has 2 rings (SSSR count). The van der Waals surface area contributed by atoms with E-state index in [0.717, 1.165) is 6.42 Å². The Hall–Kier alpha value is -1.79. The van der Waals surface area contributed by atoms with Crippen molar-refractivity contribution >= 4 is 17.9 Å². The van der Waals surface area contributed by atoms with Crippen LogP contribution in [0.4, 0.5) is 4.79 Å². The standard InChI is InChI=1S/C13H21N3O4/c1-8(12(18)19)10-5-16(6-10)13(20)15-4-3-11(7-15)14-9(2)17/h8,10-11H,3-7H2,1-2H3,(H,14,17)(H,18,19). The third kappa shape index (κ3) is 3.02. The molecule has 2 aliphatic heterocycles. The lowest BCUT2D eigenvalue weighted by Gasteiger charge is -2.42. The highest BCUT2D eigenvalue weighted by Crippen LogP contribution is 2.26. The Kier molecular flexibility index (Phi) is 4.15. The van der Waals surface area contributed by atoms with Crippen LogP contribution in [0.25, 0.3) is 0 Å². The molecule has 0 aliphatic carbocycles. The van der Waals surface area contributed by atoms with Crippen molar-refractivity contribution in [3.63, 3.8) is 0 Å². The fourth-order valence-electron chi connectivity index (χ4n) is 2.73. The average Bonchev–Trinajstić information content (AvgIpc) is 2.74. The van der Waals surface area contributed by atoms with Gasteiger partial charge in [-0.05, 0) is 6.42 Å². The van der Waals surface area contributed by atoms with Crippen LogP contribution < -0.4 is 5.32 Å². The Morgan fingerprint density at radius 3 is 2.40 bits per heavy atom. The first-order valence-electron chi connectivity index (χ1n) is 6.92. The maximum atomic E-state index is 12.2. The van der Waals surface area contributed by atoms with E-state index in [4.69, 9.17) is 5.11 Å². The van der Waals surface area contributed by atoms with Crippen molar-refractivity contribution < 1.29 is 19.5 Å². The second-order valence-electron chi connectivity index (χ2n) is 5.71. The number of carboxylic acids is 1. The van der Waals surface area contributed by atoms with Crippen LogP contribution in [0.5, 0.6) is 0 Å². The van der Waals surface area contributed by atoms with Gasteiger partial charge in [0, 0.05) is 45.1 Å². The molecule has 2 fully saturated rings. The average molecular weight is 283 g/mol. The third-order valence-electron chi connectivity index (χ3n) is 4.14. The maximum Gasteiger partial charge on any atom is 0.320 e. The molecule has 0 spiro atoms. The summed E-state index contributed by atoms with van der Waals surface area (Å²) in [6.45, 7) is 5.34. The van der Waals surface area contributed by atoms with E-state index in [1.807, 2.05) is 0 Å². The highest BCUT2D eigenvalue weighted by atomic mass is 16.4. The number of rotatable bonds is 3. The Morgan fingerprint density at radius 1 is 1.20 bits per heavy atom. The molecule has 0 bridgehead atoms. The first kappa shape index (κ1) is 14.6. The summed E-state index contributed by atoms with van der Waals surface area (Å²) < 4.78 is 0. The van der Waals surface area contributed by atoms with E-state index in [2.05, 4.69) is 5.32 Å². The molecule has 2 aliphatic rings. The van der Waals surface area contributed by atoms with Gasteiger partial charge in [-0.15, -0.1) is 0 Å². The lowest BCUT2D eigenvalue weighted by Crippen LogP contribution is -2.57. The van der Waals surface area contributed by atoms with Gasteiger partial charge in [0.15, 0.2) is 0 Å². The molecule has 0 radical (unpaired) electrons. The van der Waals surface area contributed by atoms with Gasteiger partial charge < -0.3 is 20.2 Å². The summed E-state index contributed by atoms with van der Waals surface area (Å²) >= 11 is 0. The summed E-state index contributed by atoms with van der Waals surface area (Å²) in [6.07, 6.45) is 0.772. The number of hydrogen-bond acceptors (Lipinski definition) is 3. The van der Waals surface area contributed by atoms with Crippen molar-refractivity contribution in [1.82, 2.24) is 15.1 Å². The summed E-state index contributed by atoms with van der Waals surface area (Å²) in [6, 6.07) is -0.0156. The number of carboxylic acid groups (broad SMARTS) is 1. The second-order valence-corrected chi connectivity index (χ2v) is 5.71. The van der Waals surface area contributed by atoms with E-state index < -0.39 is 11.9 Å². The molecule has 7 heteroatoms. The first-order chi connectivity index (χ1) is 9.38. The van der Waals surface area contributed by atoms with Crippen LogP contribution in [0.2, 0.25) is 0 Å². The van der Waals surface area contributed by atoms with Crippen molar-refractivity contribution in [2.75, 3.05) is 26.2 Å². The Labute approximate surface area is 117 Å². The lowest BCUT2D eigenvalue weighted by atomic mass is 9.87. The van der Waals surface area contributed by atoms with Crippen molar-refractivity contribution in [3.05, 3.63) is 0 Å². The van der Waals surface area contributed by atoms with Gasteiger partial charge in [-0.1, -0.05) is 6.92 Å². The highest BCUT2D eigenvalue weighted by Gasteiger charge is 2.40. The molecule has 2 unspecified atom stereocenters. The SMILES string of the molecule is CC(=O)NC1CCN(C(=O)N2CC(C(C)C(=O)O)C2)C1. The van der Waals surface area contributed by atoms with Crippen molar-refractivity contribution in [1.29, 1.82) is 0 Å². The molecule has 2 saturated heterocycles. The van der Waals surface area contributed by atoms with Gasteiger partial charge in [-0.25, -0.2) is 4.79 Å². The zero-order chi connectivity index (χ0) is 14.9. The molecule has 0 aromatic heterocycles. The minimum atomic E-state index is -0.811. The van der Waals surface area contributed by atoms with Gasteiger partial charge in [-0.2, -0.15) is 0 Å². The molecular weight excluding hydrogens is 262 g/mol. The van der Waals surface area contributed by atoms with Crippen molar-refractivity contribution in [2.45, 2.75) is 26.3 Å². The smallest absolute Gasteiger partial charge is 0.320 e. The topological polar surface area (TPSA) is 90.0 Å². The highest BCUT2D eigenvalue weighted by molar-refractivity contribution is 5.77. The molecule has 0 saturated carbocycles. The van der Waals surface area contributed by atoms with E-state index in [1.54, 1.807) is 16.7 Å². The maximum absolute atomic E-state index is 12.2. The third-order valence-corrected chi connectivity index (χ3v) is 4.14. The largest absolute Gasteiger partial charge is 0.481 e. The molecule has 0 aromatic rings. The summed E-state index contributed by atoms with van der Waals surface area (Å²) in [7, 11) is 0. The summed E-state index contributed by atoms with van der Waals surface area (Å²) in [5, 5.41) is 11.7. The normalized spacial score (nSPS) is 24.2. The second kappa shape index (κ2) is 5.68. The predicted molar refractivity (Wildman–Crippen MR) is 71.1 cm³/mol. The zero-order valence-electron chi connectivity index (χ0n) is 11.8. The quantitative estimate of drug-likeness (QED) is 0.761. The number of amides is 3. The van der Waals surface area contributed by atoms with Crippen LogP contribution in [0, 0.1) is 11.8 Å². The monoisotopic (exact) mass is 283 g/mol. The fraction of sp³-hybridized carbons (Fsp3) is 0.769. The van der Waals surface area contributed by atoms with Gasteiger partial charge in [-0.3, -0.25) is 9.59 Å². The van der Waals surface area contributed by atoms with Gasteiger partial charge in [0.05, 0.1) is 5.92 Å². The lowest BCUT2D eigenvalue weighted by molar-refractivity contribution is -0.144. The number of nitrogens with zero attached hydrogens (tertiary/aromatic N) is 2. The number of likely N-dealkylation sites (tertiary alicyclic amines) is 2. The fourth-order valence-corrected chi connectivity index (χ4v) is 2.73. The van der Waals surface area contributed by atoms with Crippen LogP contribution in [-0.2, 0) is 9.59 Å². The van der Waals surface area contributed by atoms with E-state index in [1.165, 1.54) is 6.92 Å². The summed E-state index contributed by atoms with van der Waals surface area (Å²) in [4.78, 5) is 37.4. The van der Waals surface area contributed by atoms with E-state index in [-0.39, 0.29) is 23.9 Å². The summed E-state index contributed by atoms with van der Waals surface area (Å²) in [5.74, 6) is -1.26. The Morgan fingerprint density at radius 2 is 1.85 bits per heavy atom. The number of urea groups is 1. The minimum absolute atomic E-state index is 0.0338. The van der Waals surface area contributed by atoms with E-state index in [9.17, 15) is 14.4 Å². The number of aliphatic carboxylic acids is 1. The zero-order valence-corrected chi connectivity index (χ0v) is 11.8. The number of carbonyl (C=O) groups is 3. The predicted octanol–water partition coefficient (Wildman–Crippen LogP) is -0.0307. The molecule has 20 heavy (non-hydrogen) atoms. The molecule has 3 amide bonds. The van der Waals surface area contributed by atoms with Crippen LogP contribution in [0.1, 0.15) is 20.3 Å². The molecule has 2 N–H and O–H groups in total. The van der Waals surface area contributed by atoms with Crippen LogP contribution >= 0.6 is 0 Å². The van der Waals surface area contributed by atoms with E-state index in [0.29, 0.717) is 26.2 Å².